The molecular weight excluding hydrogens is 186 g/mol. The Hall–Kier alpha value is -1.30. The van der Waals surface area contributed by atoms with E-state index in [1.165, 1.54) is 5.56 Å². The largest absolute Gasteiger partial charge is 0.396 e. The van der Waals surface area contributed by atoms with Gasteiger partial charge in [-0.05, 0) is 18.9 Å². The lowest BCUT2D eigenvalue weighted by Gasteiger charge is -2.16. The van der Waals surface area contributed by atoms with E-state index in [0.717, 1.165) is 6.42 Å². The van der Waals surface area contributed by atoms with Crippen LogP contribution in [0, 0.1) is 11.8 Å². The molecule has 1 atom stereocenters. The molecule has 1 unspecified atom stereocenters. The Bertz CT molecular complexity index is 323. The molecule has 2 N–H and O–H groups in total. The fourth-order valence-corrected chi connectivity index (χ4v) is 1.46. The summed E-state index contributed by atoms with van der Waals surface area (Å²) in [4.78, 5) is 0. The minimum absolute atomic E-state index is 0.187. The Morgan fingerprint density at radius 1 is 1.33 bits per heavy atom. The quantitative estimate of drug-likeness (QED) is 0.714. The van der Waals surface area contributed by atoms with Crippen molar-refractivity contribution in [2.24, 2.45) is 0 Å². The molecule has 0 amide bonds. The molecular formula is C13H17NO. The smallest absolute Gasteiger partial charge is 0.0581 e. The van der Waals surface area contributed by atoms with Gasteiger partial charge in [-0.3, -0.25) is 5.32 Å². The van der Waals surface area contributed by atoms with Gasteiger partial charge in [-0.15, -0.1) is 5.92 Å². The van der Waals surface area contributed by atoms with Gasteiger partial charge in [0.2, 0.25) is 0 Å². The molecule has 0 saturated carbocycles. The van der Waals surface area contributed by atoms with Gasteiger partial charge >= 0.3 is 0 Å². The van der Waals surface area contributed by atoms with Crippen LogP contribution in [-0.2, 0) is 0 Å². The highest BCUT2D eigenvalue weighted by molar-refractivity contribution is 5.19. The highest BCUT2D eigenvalue weighted by Gasteiger charge is 2.08. The number of aliphatic hydroxyl groups excluding tert-OH is 1. The van der Waals surface area contributed by atoms with Crippen LogP contribution in [0.3, 0.4) is 0 Å². The van der Waals surface area contributed by atoms with Crippen molar-refractivity contribution in [3.63, 3.8) is 0 Å². The van der Waals surface area contributed by atoms with Gasteiger partial charge in [0.1, 0.15) is 0 Å². The maximum Gasteiger partial charge on any atom is 0.0581 e. The van der Waals surface area contributed by atoms with E-state index < -0.39 is 0 Å². The van der Waals surface area contributed by atoms with E-state index in [-0.39, 0.29) is 12.6 Å². The number of aliphatic hydroxyl groups is 1. The van der Waals surface area contributed by atoms with Crippen LogP contribution in [-0.4, -0.2) is 18.3 Å². The zero-order valence-electron chi connectivity index (χ0n) is 9.03. The summed E-state index contributed by atoms with van der Waals surface area (Å²) in [6, 6.07) is 10.3. The molecule has 0 spiro atoms. The average Bonchev–Trinajstić information content (AvgIpc) is 2.29. The van der Waals surface area contributed by atoms with Gasteiger partial charge in [-0.1, -0.05) is 36.3 Å². The molecule has 0 aliphatic carbocycles. The van der Waals surface area contributed by atoms with Crippen LogP contribution in [0.1, 0.15) is 24.9 Å². The Morgan fingerprint density at radius 2 is 2.07 bits per heavy atom. The van der Waals surface area contributed by atoms with Crippen molar-refractivity contribution < 1.29 is 5.11 Å². The zero-order valence-corrected chi connectivity index (χ0v) is 9.03. The molecule has 0 heterocycles. The minimum atomic E-state index is 0.187. The number of hydrogen-bond acceptors (Lipinski definition) is 2. The molecule has 0 saturated heterocycles. The van der Waals surface area contributed by atoms with Gasteiger partial charge < -0.3 is 5.11 Å². The SMILES string of the molecule is CC#CCNC(CCO)c1ccccc1. The number of nitrogens with one attached hydrogen (secondary N) is 1. The predicted octanol–water partition coefficient (Wildman–Crippen LogP) is 1.72. The summed E-state index contributed by atoms with van der Waals surface area (Å²) in [7, 11) is 0. The Balaban J connectivity index is 2.60. The van der Waals surface area contributed by atoms with Crippen LogP contribution in [0.4, 0.5) is 0 Å². The molecule has 0 aliphatic rings. The zero-order chi connectivity index (χ0) is 10.9. The van der Waals surface area contributed by atoms with Crippen LogP contribution in [0.15, 0.2) is 30.3 Å². The first kappa shape index (κ1) is 11.8. The molecule has 15 heavy (non-hydrogen) atoms. The monoisotopic (exact) mass is 203 g/mol. The van der Waals surface area contributed by atoms with Gasteiger partial charge in [0.05, 0.1) is 6.54 Å². The minimum Gasteiger partial charge on any atom is -0.396 e. The van der Waals surface area contributed by atoms with Gasteiger partial charge in [0.15, 0.2) is 0 Å². The summed E-state index contributed by atoms with van der Waals surface area (Å²) < 4.78 is 0. The maximum atomic E-state index is 8.98. The summed E-state index contributed by atoms with van der Waals surface area (Å²) in [5.74, 6) is 5.81. The number of benzene rings is 1. The maximum absolute atomic E-state index is 8.98. The molecule has 0 aromatic heterocycles. The normalized spacial score (nSPS) is 11.6. The number of hydrogen-bond donors (Lipinski definition) is 2. The van der Waals surface area contributed by atoms with E-state index in [1.54, 1.807) is 0 Å². The lowest BCUT2D eigenvalue weighted by atomic mass is 10.0. The Labute approximate surface area is 91.3 Å². The van der Waals surface area contributed by atoms with Crippen molar-refractivity contribution in [1.29, 1.82) is 0 Å². The van der Waals surface area contributed by atoms with E-state index in [9.17, 15) is 0 Å². The first-order valence-corrected chi connectivity index (χ1v) is 5.17. The van der Waals surface area contributed by atoms with Crippen molar-refractivity contribution in [1.82, 2.24) is 5.32 Å². The van der Waals surface area contributed by atoms with E-state index in [1.807, 2.05) is 25.1 Å². The van der Waals surface area contributed by atoms with Gasteiger partial charge in [0.25, 0.3) is 0 Å². The first-order chi connectivity index (χ1) is 7.38. The third-order valence-electron chi connectivity index (χ3n) is 2.23. The molecule has 0 radical (unpaired) electrons. The summed E-state index contributed by atoms with van der Waals surface area (Å²) in [5, 5.41) is 12.3. The molecule has 2 nitrogen and oxygen atoms in total. The summed E-state index contributed by atoms with van der Waals surface area (Å²) in [5.41, 5.74) is 1.20. The summed E-state index contributed by atoms with van der Waals surface area (Å²) in [6.45, 7) is 2.67. The third kappa shape index (κ3) is 4.16. The van der Waals surface area contributed by atoms with Crippen LogP contribution < -0.4 is 5.32 Å². The fourth-order valence-electron chi connectivity index (χ4n) is 1.46. The van der Waals surface area contributed by atoms with E-state index in [4.69, 9.17) is 5.11 Å². The van der Waals surface area contributed by atoms with Crippen LogP contribution >= 0.6 is 0 Å². The van der Waals surface area contributed by atoms with Crippen LogP contribution in [0.5, 0.6) is 0 Å². The van der Waals surface area contributed by atoms with Crippen molar-refractivity contribution in [2.45, 2.75) is 19.4 Å². The first-order valence-electron chi connectivity index (χ1n) is 5.17. The van der Waals surface area contributed by atoms with Crippen molar-refractivity contribution in [2.75, 3.05) is 13.2 Å². The molecule has 2 heteroatoms. The molecule has 0 fully saturated rings. The Kier molecular flexibility index (Phi) is 5.54. The van der Waals surface area contributed by atoms with Crippen molar-refractivity contribution >= 4 is 0 Å². The standard InChI is InChI=1S/C13H17NO/c1-2-3-10-14-13(9-11-15)12-7-5-4-6-8-12/h4-8,13-15H,9-11H2,1H3. The molecule has 1 aromatic rings. The molecule has 1 aromatic carbocycles. The summed E-state index contributed by atoms with van der Waals surface area (Å²) in [6.07, 6.45) is 0.718. The van der Waals surface area contributed by atoms with Crippen molar-refractivity contribution in [3.8, 4) is 11.8 Å². The van der Waals surface area contributed by atoms with Crippen LogP contribution in [0.2, 0.25) is 0 Å². The second-order valence-electron chi connectivity index (χ2n) is 3.28. The second-order valence-corrected chi connectivity index (χ2v) is 3.28. The third-order valence-corrected chi connectivity index (χ3v) is 2.23. The molecule has 0 bridgehead atoms. The highest BCUT2D eigenvalue weighted by Crippen LogP contribution is 2.15. The fraction of sp³-hybridized carbons (Fsp3) is 0.385. The average molecular weight is 203 g/mol. The van der Waals surface area contributed by atoms with Crippen molar-refractivity contribution in [3.05, 3.63) is 35.9 Å². The van der Waals surface area contributed by atoms with E-state index >= 15 is 0 Å². The van der Waals surface area contributed by atoms with Gasteiger partial charge in [-0.25, -0.2) is 0 Å². The highest BCUT2D eigenvalue weighted by atomic mass is 16.3. The summed E-state index contributed by atoms with van der Waals surface area (Å²) >= 11 is 0. The Morgan fingerprint density at radius 3 is 2.67 bits per heavy atom. The molecule has 0 aliphatic heterocycles. The molecule has 80 valence electrons. The topological polar surface area (TPSA) is 32.3 Å². The van der Waals surface area contributed by atoms with Gasteiger partial charge in [-0.2, -0.15) is 0 Å². The van der Waals surface area contributed by atoms with Crippen LogP contribution in [0.25, 0.3) is 0 Å². The molecule has 1 rings (SSSR count). The predicted molar refractivity (Wildman–Crippen MR) is 62.3 cm³/mol. The van der Waals surface area contributed by atoms with E-state index in [0.29, 0.717) is 6.54 Å². The van der Waals surface area contributed by atoms with Gasteiger partial charge in [0, 0.05) is 12.6 Å². The lowest BCUT2D eigenvalue weighted by molar-refractivity contribution is 0.267. The van der Waals surface area contributed by atoms with E-state index in [2.05, 4.69) is 29.3 Å². The lowest BCUT2D eigenvalue weighted by Crippen LogP contribution is -2.22. The second kappa shape index (κ2) is 7.05. The number of rotatable bonds is 5.